The Labute approximate surface area is 189 Å². The van der Waals surface area contributed by atoms with Crippen LogP contribution in [0.5, 0.6) is 0 Å². The van der Waals surface area contributed by atoms with Crippen molar-refractivity contribution < 1.29 is 22.8 Å². The standard InChI is InChI=1S/C22H21N3O5S2/c26-19(20-10-5-13-31-20)11-12-21(27)24-25-22(28)17-8-4-9-18(14-17)32(29,30)23-15-16-6-2-1-3-7-16/h1-10,13-14,23H,11-12,15H2,(H,24,27)(H,25,28). The number of thiophene rings is 1. The van der Waals surface area contributed by atoms with Gasteiger partial charge in [-0.1, -0.05) is 42.5 Å². The van der Waals surface area contributed by atoms with E-state index in [1.54, 1.807) is 41.8 Å². The molecule has 0 fully saturated rings. The molecular formula is C22H21N3O5S2. The molecule has 0 radical (unpaired) electrons. The van der Waals surface area contributed by atoms with Crippen LogP contribution in [0.15, 0.2) is 77.0 Å². The number of sulfonamides is 1. The third-order valence-electron chi connectivity index (χ3n) is 4.41. The summed E-state index contributed by atoms with van der Waals surface area (Å²) in [6, 6.07) is 17.9. The number of nitrogens with one attached hydrogen (secondary N) is 3. The van der Waals surface area contributed by atoms with Crippen LogP contribution in [0.1, 0.15) is 38.4 Å². The summed E-state index contributed by atoms with van der Waals surface area (Å²) in [5.74, 6) is -1.36. The second-order valence-electron chi connectivity index (χ2n) is 6.74. The molecule has 32 heavy (non-hydrogen) atoms. The van der Waals surface area contributed by atoms with Crippen LogP contribution in [0.25, 0.3) is 0 Å². The summed E-state index contributed by atoms with van der Waals surface area (Å²) in [5.41, 5.74) is 5.32. The maximum Gasteiger partial charge on any atom is 0.269 e. The fourth-order valence-corrected chi connectivity index (χ4v) is 4.47. The molecule has 1 heterocycles. The smallest absolute Gasteiger partial charge is 0.269 e. The van der Waals surface area contributed by atoms with Crippen LogP contribution in [0.3, 0.4) is 0 Å². The summed E-state index contributed by atoms with van der Waals surface area (Å²) in [4.78, 5) is 36.7. The van der Waals surface area contributed by atoms with E-state index < -0.39 is 21.8 Å². The van der Waals surface area contributed by atoms with Gasteiger partial charge < -0.3 is 0 Å². The van der Waals surface area contributed by atoms with Crippen LogP contribution in [-0.2, 0) is 21.4 Å². The normalized spacial score (nSPS) is 11.0. The fraction of sp³-hybridized carbons (Fsp3) is 0.136. The number of rotatable bonds is 9. The Bertz CT molecular complexity index is 1190. The summed E-state index contributed by atoms with van der Waals surface area (Å²) in [6.07, 6.45) is -0.0716. The van der Waals surface area contributed by atoms with Crippen LogP contribution in [0, 0.1) is 0 Å². The highest BCUT2D eigenvalue weighted by Gasteiger charge is 2.17. The molecule has 10 heteroatoms. The van der Waals surface area contributed by atoms with Gasteiger partial charge in [0.2, 0.25) is 15.9 Å². The molecular weight excluding hydrogens is 450 g/mol. The summed E-state index contributed by atoms with van der Waals surface area (Å²) in [5, 5.41) is 1.78. The predicted molar refractivity (Wildman–Crippen MR) is 120 cm³/mol. The summed E-state index contributed by atoms with van der Waals surface area (Å²) < 4.78 is 27.6. The molecule has 166 valence electrons. The molecule has 1 aromatic heterocycles. The van der Waals surface area contributed by atoms with Crippen molar-refractivity contribution in [3.63, 3.8) is 0 Å². The molecule has 2 amide bonds. The Hall–Kier alpha value is -3.34. The number of hydrogen-bond acceptors (Lipinski definition) is 6. The van der Waals surface area contributed by atoms with Gasteiger partial charge in [-0.05, 0) is 35.2 Å². The molecule has 0 spiro atoms. The number of ketones is 1. The minimum atomic E-state index is -3.84. The van der Waals surface area contributed by atoms with Crippen molar-refractivity contribution in [3.8, 4) is 0 Å². The number of hydrazine groups is 1. The zero-order valence-electron chi connectivity index (χ0n) is 16.9. The molecule has 0 saturated heterocycles. The van der Waals surface area contributed by atoms with Gasteiger partial charge in [-0.25, -0.2) is 13.1 Å². The number of hydrogen-bond donors (Lipinski definition) is 3. The second-order valence-corrected chi connectivity index (χ2v) is 9.46. The van der Waals surface area contributed by atoms with Gasteiger partial charge in [-0.2, -0.15) is 0 Å². The predicted octanol–water partition coefficient (Wildman–Crippen LogP) is 2.65. The van der Waals surface area contributed by atoms with E-state index in [1.165, 1.54) is 35.6 Å². The van der Waals surface area contributed by atoms with E-state index in [1.807, 2.05) is 6.07 Å². The topological polar surface area (TPSA) is 121 Å². The van der Waals surface area contributed by atoms with Crippen LogP contribution >= 0.6 is 11.3 Å². The van der Waals surface area contributed by atoms with Gasteiger partial charge in [0.05, 0.1) is 9.77 Å². The Morgan fingerprint density at radius 3 is 2.34 bits per heavy atom. The van der Waals surface area contributed by atoms with Crippen LogP contribution < -0.4 is 15.6 Å². The van der Waals surface area contributed by atoms with Crippen molar-refractivity contribution in [2.45, 2.75) is 24.3 Å². The first-order chi connectivity index (χ1) is 15.3. The molecule has 0 saturated carbocycles. The molecule has 0 aliphatic carbocycles. The van der Waals surface area contributed by atoms with Gasteiger partial charge in [0, 0.05) is 24.9 Å². The van der Waals surface area contributed by atoms with Crippen molar-refractivity contribution in [3.05, 3.63) is 88.1 Å². The highest BCUT2D eigenvalue weighted by molar-refractivity contribution is 7.89. The maximum atomic E-state index is 12.5. The van der Waals surface area contributed by atoms with Gasteiger partial charge in [-0.3, -0.25) is 25.2 Å². The minimum absolute atomic E-state index is 0.0169. The SMILES string of the molecule is O=C(CCC(=O)c1cccs1)NNC(=O)c1cccc(S(=O)(=O)NCc2ccccc2)c1. The average Bonchev–Trinajstić information content (AvgIpc) is 3.35. The molecule has 0 bridgehead atoms. The Kier molecular flexibility index (Phi) is 7.87. The third kappa shape index (κ3) is 6.58. The Morgan fingerprint density at radius 2 is 1.62 bits per heavy atom. The molecule has 3 N–H and O–H groups in total. The van der Waals surface area contributed by atoms with E-state index in [4.69, 9.17) is 0 Å². The van der Waals surface area contributed by atoms with Crippen molar-refractivity contribution in [1.82, 2.24) is 15.6 Å². The first-order valence-corrected chi connectivity index (χ1v) is 12.0. The van der Waals surface area contributed by atoms with Gasteiger partial charge in [-0.15, -0.1) is 11.3 Å². The van der Waals surface area contributed by atoms with Gasteiger partial charge in [0.15, 0.2) is 5.78 Å². The fourth-order valence-electron chi connectivity index (χ4n) is 2.71. The monoisotopic (exact) mass is 471 g/mol. The number of amides is 2. The zero-order chi connectivity index (χ0) is 23.0. The Balaban J connectivity index is 1.53. The van der Waals surface area contributed by atoms with Gasteiger partial charge >= 0.3 is 0 Å². The molecule has 0 aliphatic heterocycles. The minimum Gasteiger partial charge on any atom is -0.293 e. The van der Waals surface area contributed by atoms with Gasteiger partial charge in [0.1, 0.15) is 0 Å². The highest BCUT2D eigenvalue weighted by Crippen LogP contribution is 2.13. The van der Waals surface area contributed by atoms with Crippen molar-refractivity contribution in [2.24, 2.45) is 0 Å². The maximum absolute atomic E-state index is 12.5. The molecule has 0 atom stereocenters. The molecule has 8 nitrogen and oxygen atoms in total. The second kappa shape index (κ2) is 10.8. The van der Waals surface area contributed by atoms with E-state index in [-0.39, 0.29) is 35.6 Å². The van der Waals surface area contributed by atoms with E-state index in [9.17, 15) is 22.8 Å². The van der Waals surface area contributed by atoms with E-state index in [0.717, 1.165) is 5.56 Å². The van der Waals surface area contributed by atoms with E-state index >= 15 is 0 Å². The molecule has 3 aromatic rings. The largest absolute Gasteiger partial charge is 0.293 e. The number of carbonyl (C=O) groups is 3. The lowest BCUT2D eigenvalue weighted by molar-refractivity contribution is -0.121. The first-order valence-electron chi connectivity index (χ1n) is 9.65. The number of Topliss-reactive ketones (excluding diaryl/α,β-unsaturated/α-hetero) is 1. The van der Waals surface area contributed by atoms with Crippen LogP contribution in [-0.4, -0.2) is 26.0 Å². The molecule has 0 unspecified atom stereocenters. The average molecular weight is 472 g/mol. The third-order valence-corrected chi connectivity index (χ3v) is 6.72. The van der Waals surface area contributed by atoms with Crippen molar-refractivity contribution in [1.29, 1.82) is 0 Å². The van der Waals surface area contributed by atoms with E-state index in [0.29, 0.717) is 4.88 Å². The van der Waals surface area contributed by atoms with Crippen LogP contribution in [0.4, 0.5) is 0 Å². The first kappa shape index (κ1) is 23.3. The quantitative estimate of drug-likeness (QED) is 0.327. The lowest BCUT2D eigenvalue weighted by Crippen LogP contribution is -2.41. The highest BCUT2D eigenvalue weighted by atomic mass is 32.2. The van der Waals surface area contributed by atoms with E-state index in [2.05, 4.69) is 15.6 Å². The summed E-state index contributed by atoms with van der Waals surface area (Å²) in [6.45, 7) is 0.111. The van der Waals surface area contributed by atoms with Crippen molar-refractivity contribution >= 4 is 39.0 Å². The molecule has 0 aliphatic rings. The van der Waals surface area contributed by atoms with Gasteiger partial charge in [0.25, 0.3) is 5.91 Å². The lowest BCUT2D eigenvalue weighted by Gasteiger charge is -2.10. The molecule has 2 aromatic carbocycles. The summed E-state index contributed by atoms with van der Waals surface area (Å²) >= 11 is 1.30. The molecule has 3 rings (SSSR count). The van der Waals surface area contributed by atoms with Crippen LogP contribution in [0.2, 0.25) is 0 Å². The summed E-state index contributed by atoms with van der Waals surface area (Å²) in [7, 11) is -3.84. The number of carbonyl (C=O) groups excluding carboxylic acids is 3. The van der Waals surface area contributed by atoms with Crippen molar-refractivity contribution in [2.75, 3.05) is 0 Å². The zero-order valence-corrected chi connectivity index (χ0v) is 18.5. The number of benzene rings is 2. The lowest BCUT2D eigenvalue weighted by atomic mass is 10.2. The Morgan fingerprint density at radius 1 is 0.844 bits per heavy atom.